The van der Waals surface area contributed by atoms with Gasteiger partial charge in [-0.3, -0.25) is 0 Å². The molecule has 1 aliphatic carbocycles. The Bertz CT molecular complexity index is 199. The van der Waals surface area contributed by atoms with E-state index in [-0.39, 0.29) is 0 Å². The molecule has 2 N–H and O–H groups in total. The summed E-state index contributed by atoms with van der Waals surface area (Å²) >= 11 is 0. The van der Waals surface area contributed by atoms with E-state index in [4.69, 9.17) is 5.11 Å². The Morgan fingerprint density at radius 2 is 1.88 bits per heavy atom. The minimum atomic E-state index is 0.324. The van der Waals surface area contributed by atoms with Crippen LogP contribution in [0.1, 0.15) is 53.4 Å². The van der Waals surface area contributed by atoms with Crippen molar-refractivity contribution in [2.24, 2.45) is 17.3 Å². The monoisotopic (exact) mass is 227 g/mol. The largest absolute Gasteiger partial charge is 0.396 e. The average Bonchev–Trinajstić information content (AvgIpc) is 2.93. The zero-order chi connectivity index (χ0) is 12.2. The van der Waals surface area contributed by atoms with Crippen LogP contribution in [0.15, 0.2) is 0 Å². The molecular formula is C14H29NO. The lowest BCUT2D eigenvalue weighted by Gasteiger charge is -2.25. The third-order valence-electron chi connectivity index (χ3n) is 4.14. The first kappa shape index (κ1) is 14.0. The van der Waals surface area contributed by atoms with Gasteiger partial charge in [0.1, 0.15) is 0 Å². The SMILES string of the molecule is CC(C)CC(CCO)CNC(C)C1(C)CC1. The van der Waals surface area contributed by atoms with E-state index in [0.717, 1.165) is 18.9 Å². The van der Waals surface area contributed by atoms with Crippen LogP contribution in [0.2, 0.25) is 0 Å². The molecule has 0 aliphatic heterocycles. The topological polar surface area (TPSA) is 32.3 Å². The van der Waals surface area contributed by atoms with Crippen LogP contribution in [0.25, 0.3) is 0 Å². The molecule has 0 radical (unpaired) electrons. The van der Waals surface area contributed by atoms with Crippen molar-refractivity contribution in [1.29, 1.82) is 0 Å². The van der Waals surface area contributed by atoms with Gasteiger partial charge >= 0.3 is 0 Å². The summed E-state index contributed by atoms with van der Waals surface area (Å²) in [6, 6.07) is 0.626. The molecule has 0 saturated heterocycles. The van der Waals surface area contributed by atoms with E-state index in [0.29, 0.717) is 24.0 Å². The molecule has 1 rings (SSSR count). The minimum absolute atomic E-state index is 0.324. The quantitative estimate of drug-likeness (QED) is 0.668. The zero-order valence-corrected chi connectivity index (χ0v) is 11.4. The van der Waals surface area contributed by atoms with E-state index < -0.39 is 0 Å². The molecule has 0 heterocycles. The Hall–Kier alpha value is -0.0800. The second-order valence-corrected chi connectivity index (χ2v) is 6.29. The summed E-state index contributed by atoms with van der Waals surface area (Å²) in [5.74, 6) is 1.36. The Labute approximate surface area is 101 Å². The van der Waals surface area contributed by atoms with Crippen LogP contribution >= 0.6 is 0 Å². The molecule has 2 nitrogen and oxygen atoms in total. The molecule has 0 bridgehead atoms. The third-order valence-corrected chi connectivity index (χ3v) is 4.14. The maximum Gasteiger partial charge on any atom is 0.0434 e. The van der Waals surface area contributed by atoms with Crippen LogP contribution in [0.4, 0.5) is 0 Å². The van der Waals surface area contributed by atoms with Crippen LogP contribution in [0.5, 0.6) is 0 Å². The number of nitrogens with one attached hydrogen (secondary N) is 1. The summed E-state index contributed by atoms with van der Waals surface area (Å²) in [7, 11) is 0. The predicted molar refractivity (Wildman–Crippen MR) is 69.5 cm³/mol. The first-order valence-corrected chi connectivity index (χ1v) is 6.82. The van der Waals surface area contributed by atoms with Crippen LogP contribution < -0.4 is 5.32 Å². The summed E-state index contributed by atoms with van der Waals surface area (Å²) in [4.78, 5) is 0. The van der Waals surface area contributed by atoms with Gasteiger partial charge in [0.05, 0.1) is 0 Å². The normalized spacial score (nSPS) is 22.1. The van der Waals surface area contributed by atoms with Gasteiger partial charge < -0.3 is 10.4 Å². The Morgan fingerprint density at radius 3 is 2.31 bits per heavy atom. The molecule has 0 amide bonds. The van der Waals surface area contributed by atoms with Gasteiger partial charge in [-0.2, -0.15) is 0 Å². The fraction of sp³-hybridized carbons (Fsp3) is 1.00. The standard InChI is InChI=1S/C14H29NO/c1-11(2)9-13(5-8-16)10-15-12(3)14(4)6-7-14/h11-13,15-16H,5-10H2,1-4H3. The van der Waals surface area contributed by atoms with E-state index in [2.05, 4.69) is 33.0 Å². The summed E-state index contributed by atoms with van der Waals surface area (Å²) in [5.41, 5.74) is 0.557. The molecule has 96 valence electrons. The Morgan fingerprint density at radius 1 is 1.25 bits per heavy atom. The van der Waals surface area contributed by atoms with Gasteiger partial charge in [0, 0.05) is 12.6 Å². The molecule has 2 heteroatoms. The molecule has 1 fully saturated rings. The summed E-state index contributed by atoms with van der Waals surface area (Å²) < 4.78 is 0. The molecule has 0 spiro atoms. The van der Waals surface area contributed by atoms with Crippen molar-refractivity contribution in [1.82, 2.24) is 5.32 Å². The number of rotatable bonds is 8. The smallest absolute Gasteiger partial charge is 0.0434 e. The minimum Gasteiger partial charge on any atom is -0.396 e. The Kier molecular flexibility index (Phi) is 5.26. The molecular weight excluding hydrogens is 198 g/mol. The zero-order valence-electron chi connectivity index (χ0n) is 11.4. The number of hydrogen-bond donors (Lipinski definition) is 2. The molecule has 2 atom stereocenters. The highest BCUT2D eigenvalue weighted by atomic mass is 16.3. The highest BCUT2D eigenvalue weighted by Crippen LogP contribution is 2.47. The molecule has 1 aliphatic rings. The van der Waals surface area contributed by atoms with E-state index in [9.17, 15) is 0 Å². The first-order chi connectivity index (χ1) is 7.48. The molecule has 0 aromatic heterocycles. The van der Waals surface area contributed by atoms with Gasteiger partial charge in [-0.05, 0) is 56.4 Å². The van der Waals surface area contributed by atoms with Crippen molar-refractivity contribution < 1.29 is 5.11 Å². The fourth-order valence-corrected chi connectivity index (χ4v) is 2.37. The lowest BCUT2D eigenvalue weighted by molar-refractivity contribution is 0.231. The lowest BCUT2D eigenvalue weighted by atomic mass is 9.93. The molecule has 16 heavy (non-hydrogen) atoms. The number of aliphatic hydroxyl groups is 1. The average molecular weight is 227 g/mol. The Balaban J connectivity index is 2.25. The van der Waals surface area contributed by atoms with Gasteiger partial charge in [-0.15, -0.1) is 0 Å². The molecule has 0 aromatic rings. The van der Waals surface area contributed by atoms with Gasteiger partial charge in [-0.25, -0.2) is 0 Å². The number of aliphatic hydroxyl groups excluding tert-OH is 1. The maximum absolute atomic E-state index is 9.06. The van der Waals surface area contributed by atoms with Crippen molar-refractivity contribution in [2.75, 3.05) is 13.2 Å². The van der Waals surface area contributed by atoms with Crippen molar-refractivity contribution in [2.45, 2.75) is 59.4 Å². The van der Waals surface area contributed by atoms with E-state index in [1.165, 1.54) is 19.3 Å². The summed E-state index contributed by atoms with van der Waals surface area (Å²) in [6.07, 6.45) is 4.90. The maximum atomic E-state index is 9.06. The van der Waals surface area contributed by atoms with Crippen molar-refractivity contribution in [3.05, 3.63) is 0 Å². The van der Waals surface area contributed by atoms with Gasteiger partial charge in [0.25, 0.3) is 0 Å². The summed E-state index contributed by atoms with van der Waals surface area (Å²) in [6.45, 7) is 10.6. The van der Waals surface area contributed by atoms with Crippen molar-refractivity contribution in [3.63, 3.8) is 0 Å². The third kappa shape index (κ3) is 4.42. The second kappa shape index (κ2) is 6.02. The molecule has 0 aromatic carbocycles. The van der Waals surface area contributed by atoms with Crippen LogP contribution in [0, 0.1) is 17.3 Å². The van der Waals surface area contributed by atoms with Crippen LogP contribution in [-0.2, 0) is 0 Å². The highest BCUT2D eigenvalue weighted by Gasteiger charge is 2.42. The lowest BCUT2D eigenvalue weighted by Crippen LogP contribution is -2.37. The van der Waals surface area contributed by atoms with Crippen molar-refractivity contribution in [3.8, 4) is 0 Å². The van der Waals surface area contributed by atoms with E-state index >= 15 is 0 Å². The van der Waals surface area contributed by atoms with Gasteiger partial charge in [-0.1, -0.05) is 20.8 Å². The molecule has 1 saturated carbocycles. The van der Waals surface area contributed by atoms with Crippen LogP contribution in [0.3, 0.4) is 0 Å². The van der Waals surface area contributed by atoms with Gasteiger partial charge in [0.2, 0.25) is 0 Å². The highest BCUT2D eigenvalue weighted by molar-refractivity contribution is 4.96. The number of hydrogen-bond acceptors (Lipinski definition) is 2. The fourth-order valence-electron chi connectivity index (χ4n) is 2.37. The van der Waals surface area contributed by atoms with E-state index in [1.54, 1.807) is 0 Å². The first-order valence-electron chi connectivity index (χ1n) is 6.82. The predicted octanol–water partition coefficient (Wildman–Crippen LogP) is 2.81. The summed E-state index contributed by atoms with van der Waals surface area (Å²) in [5, 5.41) is 12.7. The molecule has 2 unspecified atom stereocenters. The second-order valence-electron chi connectivity index (χ2n) is 6.29. The van der Waals surface area contributed by atoms with E-state index in [1.807, 2.05) is 0 Å². The van der Waals surface area contributed by atoms with Crippen molar-refractivity contribution >= 4 is 0 Å². The van der Waals surface area contributed by atoms with Gasteiger partial charge in [0.15, 0.2) is 0 Å². The van der Waals surface area contributed by atoms with Crippen LogP contribution in [-0.4, -0.2) is 24.3 Å².